The summed E-state index contributed by atoms with van der Waals surface area (Å²) in [6, 6.07) is 19.0. The Morgan fingerprint density at radius 2 is 1.85 bits per heavy atom. The molecule has 26 heavy (non-hydrogen) atoms. The molecule has 1 aliphatic rings. The lowest BCUT2D eigenvalue weighted by atomic mass is 9.96. The normalized spacial score (nSPS) is 17.8. The number of carbonyl (C=O) groups excluding carboxylic acids is 1. The van der Waals surface area contributed by atoms with Crippen molar-refractivity contribution in [3.05, 3.63) is 65.7 Å². The van der Waals surface area contributed by atoms with Gasteiger partial charge in [-0.2, -0.15) is 0 Å². The number of amides is 1. The van der Waals surface area contributed by atoms with Gasteiger partial charge in [0.25, 0.3) is 0 Å². The zero-order chi connectivity index (χ0) is 18.4. The zero-order valence-corrected chi connectivity index (χ0v) is 16.5. The highest BCUT2D eigenvalue weighted by Crippen LogP contribution is 2.22. The molecule has 4 heteroatoms. The second-order valence-electron chi connectivity index (χ2n) is 7.10. The molecule has 0 saturated carbocycles. The second kappa shape index (κ2) is 9.24. The highest BCUT2D eigenvalue weighted by molar-refractivity contribution is 7.98. The number of hydrogen-bond donors (Lipinski definition) is 0. The van der Waals surface area contributed by atoms with Crippen molar-refractivity contribution in [3.63, 3.8) is 0 Å². The quantitative estimate of drug-likeness (QED) is 0.711. The molecule has 1 atom stereocenters. The van der Waals surface area contributed by atoms with E-state index in [4.69, 9.17) is 0 Å². The lowest BCUT2D eigenvalue weighted by Crippen LogP contribution is -2.43. The van der Waals surface area contributed by atoms with Crippen LogP contribution < -0.4 is 0 Å². The number of likely N-dealkylation sites (tertiary alicyclic amines) is 1. The van der Waals surface area contributed by atoms with Crippen LogP contribution in [0.15, 0.2) is 59.5 Å². The average Bonchev–Trinajstić information content (AvgIpc) is 2.69. The van der Waals surface area contributed by atoms with E-state index in [-0.39, 0.29) is 11.8 Å². The van der Waals surface area contributed by atoms with Crippen LogP contribution in [0.1, 0.15) is 24.0 Å². The van der Waals surface area contributed by atoms with Crippen LogP contribution >= 0.6 is 11.8 Å². The van der Waals surface area contributed by atoms with E-state index in [1.54, 1.807) is 11.8 Å². The topological polar surface area (TPSA) is 23.6 Å². The van der Waals surface area contributed by atoms with Gasteiger partial charge in [0.1, 0.15) is 0 Å². The highest BCUT2D eigenvalue weighted by Gasteiger charge is 2.27. The molecule has 1 saturated heterocycles. The van der Waals surface area contributed by atoms with Crippen LogP contribution in [0.3, 0.4) is 0 Å². The summed E-state index contributed by atoms with van der Waals surface area (Å²) in [4.78, 5) is 18.5. The third kappa shape index (κ3) is 5.12. The summed E-state index contributed by atoms with van der Waals surface area (Å²) in [7, 11) is 1.93. The summed E-state index contributed by atoms with van der Waals surface area (Å²) in [5, 5.41) is 0. The first-order valence-corrected chi connectivity index (χ1v) is 10.5. The molecule has 2 aromatic rings. The molecule has 3 rings (SSSR count). The number of piperidine rings is 1. The Balaban J connectivity index is 1.55. The van der Waals surface area contributed by atoms with Crippen LogP contribution in [0.25, 0.3) is 0 Å². The molecule has 1 fully saturated rings. The SMILES string of the molecule is CSc1ccc(CN2CCC[C@@H](C(=O)N(C)Cc3ccccc3)C2)cc1. The Morgan fingerprint density at radius 3 is 2.54 bits per heavy atom. The van der Waals surface area contributed by atoms with Gasteiger partial charge in [0.05, 0.1) is 5.92 Å². The Hall–Kier alpha value is -1.78. The van der Waals surface area contributed by atoms with Crippen LogP contribution in [0.5, 0.6) is 0 Å². The van der Waals surface area contributed by atoms with Gasteiger partial charge in [-0.3, -0.25) is 9.69 Å². The Labute approximate surface area is 161 Å². The second-order valence-corrected chi connectivity index (χ2v) is 7.98. The Morgan fingerprint density at radius 1 is 1.12 bits per heavy atom. The third-order valence-corrected chi connectivity index (χ3v) is 5.80. The molecule has 2 aromatic carbocycles. The van der Waals surface area contributed by atoms with Gasteiger partial charge in [0, 0.05) is 31.6 Å². The van der Waals surface area contributed by atoms with E-state index in [2.05, 4.69) is 47.6 Å². The predicted octanol–water partition coefficient (Wildman–Crippen LogP) is 4.28. The van der Waals surface area contributed by atoms with Gasteiger partial charge in [0.15, 0.2) is 0 Å². The Bertz CT molecular complexity index is 702. The van der Waals surface area contributed by atoms with Gasteiger partial charge in [-0.1, -0.05) is 42.5 Å². The average molecular weight is 369 g/mol. The molecule has 0 radical (unpaired) electrons. The van der Waals surface area contributed by atoms with Crippen LogP contribution in [-0.2, 0) is 17.9 Å². The van der Waals surface area contributed by atoms with Crippen molar-refractivity contribution in [2.75, 3.05) is 26.4 Å². The summed E-state index contributed by atoms with van der Waals surface area (Å²) in [6.45, 7) is 3.56. The smallest absolute Gasteiger partial charge is 0.227 e. The monoisotopic (exact) mass is 368 g/mol. The number of nitrogens with zero attached hydrogens (tertiary/aromatic N) is 2. The minimum atomic E-state index is 0.114. The highest BCUT2D eigenvalue weighted by atomic mass is 32.2. The van der Waals surface area contributed by atoms with E-state index in [0.29, 0.717) is 6.54 Å². The lowest BCUT2D eigenvalue weighted by molar-refractivity contribution is -0.136. The summed E-state index contributed by atoms with van der Waals surface area (Å²) in [5.41, 5.74) is 2.51. The fourth-order valence-electron chi connectivity index (χ4n) is 3.64. The molecule has 0 spiro atoms. The molecular formula is C22H28N2OS. The largest absolute Gasteiger partial charge is 0.341 e. The summed E-state index contributed by atoms with van der Waals surface area (Å²) in [5.74, 6) is 0.388. The first-order valence-electron chi connectivity index (χ1n) is 9.30. The van der Waals surface area contributed by atoms with Crippen molar-refractivity contribution in [3.8, 4) is 0 Å². The Kier molecular flexibility index (Phi) is 6.75. The molecule has 138 valence electrons. The number of rotatable bonds is 6. The van der Waals surface area contributed by atoms with Gasteiger partial charge in [-0.05, 0) is 48.9 Å². The van der Waals surface area contributed by atoms with E-state index in [9.17, 15) is 4.79 Å². The van der Waals surface area contributed by atoms with E-state index in [1.165, 1.54) is 16.0 Å². The van der Waals surface area contributed by atoms with Crippen molar-refractivity contribution in [1.82, 2.24) is 9.80 Å². The maximum atomic E-state index is 12.9. The molecule has 0 N–H and O–H groups in total. The lowest BCUT2D eigenvalue weighted by Gasteiger charge is -2.34. The van der Waals surface area contributed by atoms with Crippen molar-refractivity contribution in [2.24, 2.45) is 5.92 Å². The molecule has 0 aromatic heterocycles. The van der Waals surface area contributed by atoms with E-state index in [1.807, 2.05) is 30.1 Å². The summed E-state index contributed by atoms with van der Waals surface area (Å²) in [6.07, 6.45) is 4.19. The molecule has 0 aliphatic carbocycles. The number of benzene rings is 2. The maximum Gasteiger partial charge on any atom is 0.227 e. The van der Waals surface area contributed by atoms with Crippen molar-refractivity contribution in [1.29, 1.82) is 0 Å². The molecule has 3 nitrogen and oxygen atoms in total. The van der Waals surface area contributed by atoms with Crippen LogP contribution in [-0.4, -0.2) is 42.1 Å². The number of thioether (sulfide) groups is 1. The van der Waals surface area contributed by atoms with Crippen molar-refractivity contribution in [2.45, 2.75) is 30.8 Å². The van der Waals surface area contributed by atoms with E-state index in [0.717, 1.165) is 32.5 Å². The van der Waals surface area contributed by atoms with Crippen LogP contribution in [0.4, 0.5) is 0 Å². The fraction of sp³-hybridized carbons (Fsp3) is 0.409. The van der Waals surface area contributed by atoms with Crippen molar-refractivity contribution < 1.29 is 4.79 Å². The zero-order valence-electron chi connectivity index (χ0n) is 15.7. The maximum absolute atomic E-state index is 12.9. The fourth-order valence-corrected chi connectivity index (χ4v) is 4.04. The first kappa shape index (κ1) is 19.0. The molecule has 0 unspecified atom stereocenters. The van der Waals surface area contributed by atoms with Gasteiger partial charge in [-0.15, -0.1) is 11.8 Å². The summed E-state index contributed by atoms with van der Waals surface area (Å²) < 4.78 is 0. The standard InChI is InChI=1S/C22H28N2OS/c1-23(15-18-7-4-3-5-8-18)22(25)20-9-6-14-24(17-20)16-19-10-12-21(26-2)13-11-19/h3-5,7-8,10-13,20H,6,9,14-17H2,1-2H3/t20-/m1/s1. The van der Waals surface area contributed by atoms with Crippen LogP contribution in [0.2, 0.25) is 0 Å². The van der Waals surface area contributed by atoms with Crippen molar-refractivity contribution >= 4 is 17.7 Å². The molecule has 1 amide bonds. The van der Waals surface area contributed by atoms with E-state index >= 15 is 0 Å². The predicted molar refractivity (Wildman–Crippen MR) is 109 cm³/mol. The number of carbonyl (C=O) groups is 1. The van der Waals surface area contributed by atoms with E-state index < -0.39 is 0 Å². The van der Waals surface area contributed by atoms with Gasteiger partial charge in [0.2, 0.25) is 5.91 Å². The molecule has 1 aliphatic heterocycles. The van der Waals surface area contributed by atoms with Gasteiger partial charge >= 0.3 is 0 Å². The minimum Gasteiger partial charge on any atom is -0.341 e. The summed E-state index contributed by atoms with van der Waals surface area (Å²) >= 11 is 1.77. The van der Waals surface area contributed by atoms with Crippen LogP contribution in [0, 0.1) is 5.92 Å². The third-order valence-electron chi connectivity index (χ3n) is 5.06. The first-order chi connectivity index (χ1) is 12.7. The van der Waals surface area contributed by atoms with Gasteiger partial charge in [-0.25, -0.2) is 0 Å². The number of hydrogen-bond acceptors (Lipinski definition) is 3. The minimum absolute atomic E-state index is 0.114. The molecule has 1 heterocycles. The van der Waals surface area contributed by atoms with Gasteiger partial charge < -0.3 is 4.90 Å². The molecular weight excluding hydrogens is 340 g/mol. The molecule has 0 bridgehead atoms.